The van der Waals surface area contributed by atoms with Crippen LogP contribution in [0.15, 0.2) is 24.3 Å². The van der Waals surface area contributed by atoms with E-state index >= 15 is 0 Å². The Kier molecular flexibility index (Phi) is 6.42. The van der Waals surface area contributed by atoms with Crippen molar-refractivity contribution < 1.29 is 33.9 Å². The molecule has 148 valence electrons. The van der Waals surface area contributed by atoms with E-state index in [2.05, 4.69) is 10.6 Å². The first kappa shape index (κ1) is 20.6. The van der Waals surface area contributed by atoms with Crippen molar-refractivity contribution in [3.8, 4) is 0 Å². The number of carboxylic acid groups (broad SMARTS) is 1. The lowest BCUT2D eigenvalue weighted by atomic mass is 10.1. The minimum absolute atomic E-state index is 0.216. The third kappa shape index (κ3) is 4.90. The zero-order chi connectivity index (χ0) is 20.8. The molecule has 28 heavy (non-hydrogen) atoms. The topological polar surface area (TPSA) is 153 Å². The van der Waals surface area contributed by atoms with Gasteiger partial charge >= 0.3 is 5.97 Å². The number of rotatable bonds is 8. The van der Waals surface area contributed by atoms with Gasteiger partial charge in [-0.05, 0) is 12.1 Å². The summed E-state index contributed by atoms with van der Waals surface area (Å²) in [6.45, 7) is -1.95. The van der Waals surface area contributed by atoms with Crippen molar-refractivity contribution in [1.29, 1.82) is 0 Å². The maximum atomic E-state index is 12.2. The van der Waals surface area contributed by atoms with Crippen LogP contribution < -0.4 is 10.6 Å². The first-order valence-electron chi connectivity index (χ1n) is 8.15. The lowest BCUT2D eigenvalue weighted by Crippen LogP contribution is -2.46. The standard InChI is InChI=1S/C17H18N4O7/c1-20(8-13(23)18-6-12(22)19-7-15(25)26)14(24)9-21-16(27)10-4-2-3-5-11(10)17(21)28/h2-5H,6-9H2,1H3,(H,18,23)(H,19,22)(H,25,26). The van der Waals surface area contributed by atoms with Crippen LogP contribution in [0.4, 0.5) is 0 Å². The van der Waals surface area contributed by atoms with E-state index in [0.717, 1.165) is 9.80 Å². The number of nitrogens with zero attached hydrogens (tertiary/aromatic N) is 2. The number of fused-ring (bicyclic) bond motifs is 1. The molecule has 0 fully saturated rings. The van der Waals surface area contributed by atoms with E-state index in [9.17, 15) is 28.8 Å². The third-order valence-corrected chi connectivity index (χ3v) is 3.86. The van der Waals surface area contributed by atoms with Gasteiger partial charge < -0.3 is 20.6 Å². The van der Waals surface area contributed by atoms with Crippen molar-refractivity contribution in [3.63, 3.8) is 0 Å². The molecule has 0 radical (unpaired) electrons. The van der Waals surface area contributed by atoms with Gasteiger partial charge in [-0.15, -0.1) is 0 Å². The molecule has 11 nitrogen and oxygen atoms in total. The van der Waals surface area contributed by atoms with Crippen LogP contribution in [0.2, 0.25) is 0 Å². The Morgan fingerprint density at radius 1 is 0.964 bits per heavy atom. The highest BCUT2D eigenvalue weighted by Crippen LogP contribution is 2.22. The van der Waals surface area contributed by atoms with E-state index in [-0.39, 0.29) is 11.1 Å². The number of amides is 5. The summed E-state index contributed by atoms with van der Waals surface area (Å²) in [4.78, 5) is 72.0. The van der Waals surface area contributed by atoms with Crippen molar-refractivity contribution in [2.24, 2.45) is 0 Å². The molecule has 1 aromatic rings. The fraction of sp³-hybridized carbons (Fsp3) is 0.294. The number of carbonyl (C=O) groups excluding carboxylic acids is 5. The average Bonchev–Trinajstić information content (AvgIpc) is 2.89. The Hall–Kier alpha value is -3.76. The van der Waals surface area contributed by atoms with E-state index in [1.54, 1.807) is 12.1 Å². The van der Waals surface area contributed by atoms with Gasteiger partial charge in [0.25, 0.3) is 11.8 Å². The largest absolute Gasteiger partial charge is 0.480 e. The van der Waals surface area contributed by atoms with Gasteiger partial charge in [0.15, 0.2) is 0 Å². The van der Waals surface area contributed by atoms with Gasteiger partial charge in [-0.25, -0.2) is 0 Å². The molecule has 1 heterocycles. The molecule has 0 aromatic heterocycles. The number of nitrogens with one attached hydrogen (secondary N) is 2. The molecule has 1 aliphatic heterocycles. The second-order valence-electron chi connectivity index (χ2n) is 5.94. The van der Waals surface area contributed by atoms with Crippen LogP contribution in [0.25, 0.3) is 0 Å². The lowest BCUT2D eigenvalue weighted by Gasteiger charge is -2.20. The highest BCUT2D eigenvalue weighted by molar-refractivity contribution is 6.22. The molecule has 0 saturated carbocycles. The van der Waals surface area contributed by atoms with Gasteiger partial charge in [0.05, 0.1) is 24.2 Å². The van der Waals surface area contributed by atoms with E-state index in [1.807, 2.05) is 0 Å². The van der Waals surface area contributed by atoms with Crippen molar-refractivity contribution >= 4 is 35.5 Å². The summed E-state index contributed by atoms with van der Waals surface area (Å²) < 4.78 is 0. The second-order valence-corrected chi connectivity index (χ2v) is 5.94. The number of likely N-dealkylation sites (N-methyl/N-ethyl adjacent to an activating group) is 1. The summed E-state index contributed by atoms with van der Waals surface area (Å²) in [5.41, 5.74) is 0.432. The Bertz CT molecular complexity index is 817. The van der Waals surface area contributed by atoms with Crippen LogP contribution in [0.5, 0.6) is 0 Å². The van der Waals surface area contributed by atoms with Crippen molar-refractivity contribution in [2.75, 3.05) is 33.2 Å². The second kappa shape index (κ2) is 8.75. The maximum Gasteiger partial charge on any atom is 0.322 e. The van der Waals surface area contributed by atoms with Crippen LogP contribution in [-0.4, -0.2) is 83.6 Å². The van der Waals surface area contributed by atoms with E-state index < -0.39 is 61.7 Å². The molecule has 11 heteroatoms. The maximum absolute atomic E-state index is 12.2. The molecule has 0 saturated heterocycles. The minimum atomic E-state index is -1.22. The zero-order valence-corrected chi connectivity index (χ0v) is 14.9. The summed E-state index contributed by atoms with van der Waals surface area (Å²) in [5.74, 6) is -4.39. The number of carbonyl (C=O) groups is 6. The van der Waals surface area contributed by atoms with Gasteiger partial charge in [0, 0.05) is 7.05 Å². The molecular formula is C17H18N4O7. The molecule has 2 rings (SSSR count). The highest BCUT2D eigenvalue weighted by atomic mass is 16.4. The molecule has 0 atom stereocenters. The Balaban J connectivity index is 1.82. The number of hydrogen-bond acceptors (Lipinski definition) is 6. The summed E-state index contributed by atoms with van der Waals surface area (Å²) in [6, 6.07) is 6.20. The van der Waals surface area contributed by atoms with Crippen LogP contribution >= 0.6 is 0 Å². The average molecular weight is 390 g/mol. The van der Waals surface area contributed by atoms with Gasteiger partial charge in [-0.3, -0.25) is 33.7 Å². The number of hydrogen-bond donors (Lipinski definition) is 3. The highest BCUT2D eigenvalue weighted by Gasteiger charge is 2.36. The van der Waals surface area contributed by atoms with Crippen molar-refractivity contribution in [1.82, 2.24) is 20.4 Å². The van der Waals surface area contributed by atoms with Crippen LogP contribution in [0.3, 0.4) is 0 Å². The number of aliphatic carboxylic acids is 1. The predicted molar refractivity (Wildman–Crippen MR) is 93.1 cm³/mol. The number of carboxylic acids is 1. The third-order valence-electron chi connectivity index (χ3n) is 3.86. The molecule has 0 bridgehead atoms. The van der Waals surface area contributed by atoms with E-state index in [0.29, 0.717) is 0 Å². The lowest BCUT2D eigenvalue weighted by molar-refractivity contribution is -0.138. The SMILES string of the molecule is CN(CC(=O)NCC(=O)NCC(=O)O)C(=O)CN1C(=O)c2ccccc2C1=O. The van der Waals surface area contributed by atoms with Crippen LogP contribution in [0.1, 0.15) is 20.7 Å². The summed E-state index contributed by atoms with van der Waals surface area (Å²) in [7, 11) is 1.31. The first-order chi connectivity index (χ1) is 13.2. The van der Waals surface area contributed by atoms with Gasteiger partial charge in [-0.2, -0.15) is 0 Å². The number of imide groups is 1. The van der Waals surface area contributed by atoms with E-state index in [1.165, 1.54) is 19.2 Å². The summed E-state index contributed by atoms with van der Waals surface area (Å²) in [5, 5.41) is 12.7. The van der Waals surface area contributed by atoms with Gasteiger partial charge in [0.1, 0.15) is 13.1 Å². The zero-order valence-electron chi connectivity index (χ0n) is 14.9. The fourth-order valence-corrected chi connectivity index (χ4v) is 2.41. The van der Waals surface area contributed by atoms with Crippen LogP contribution in [0, 0.1) is 0 Å². The molecule has 1 aliphatic rings. The smallest absolute Gasteiger partial charge is 0.322 e. The van der Waals surface area contributed by atoms with Crippen LogP contribution in [-0.2, 0) is 19.2 Å². The number of benzene rings is 1. The molecule has 0 aliphatic carbocycles. The molecule has 5 amide bonds. The molecule has 0 unspecified atom stereocenters. The monoisotopic (exact) mass is 390 g/mol. The Labute approximate surface area is 159 Å². The van der Waals surface area contributed by atoms with Gasteiger partial charge in [0.2, 0.25) is 17.7 Å². The van der Waals surface area contributed by atoms with Gasteiger partial charge in [-0.1, -0.05) is 12.1 Å². The quantitative estimate of drug-likeness (QED) is 0.436. The molecule has 3 N–H and O–H groups in total. The van der Waals surface area contributed by atoms with E-state index in [4.69, 9.17) is 5.11 Å². The molecular weight excluding hydrogens is 372 g/mol. The molecule has 0 spiro atoms. The van der Waals surface area contributed by atoms with Crippen molar-refractivity contribution in [2.45, 2.75) is 0 Å². The Morgan fingerprint density at radius 3 is 2.04 bits per heavy atom. The first-order valence-corrected chi connectivity index (χ1v) is 8.15. The molecule has 1 aromatic carbocycles. The predicted octanol–water partition coefficient (Wildman–Crippen LogP) is -1.94. The Morgan fingerprint density at radius 2 is 1.50 bits per heavy atom. The fourth-order valence-electron chi connectivity index (χ4n) is 2.41. The van der Waals surface area contributed by atoms with Crippen molar-refractivity contribution in [3.05, 3.63) is 35.4 Å². The summed E-state index contributed by atoms with van der Waals surface area (Å²) >= 11 is 0. The normalized spacial score (nSPS) is 12.4. The summed E-state index contributed by atoms with van der Waals surface area (Å²) in [6.07, 6.45) is 0. The minimum Gasteiger partial charge on any atom is -0.480 e.